The fraction of sp³-hybridized carbons (Fsp3) is 0.435. The molecule has 4 aliphatic rings. The number of benzene rings is 4. The van der Waals surface area contributed by atoms with E-state index in [1.54, 1.807) is 24.3 Å². The van der Waals surface area contributed by atoms with Gasteiger partial charge in [-0.2, -0.15) is 0 Å². The first kappa shape index (κ1) is 41.7. The maximum absolute atomic E-state index is 14.3. The zero-order chi connectivity index (χ0) is 40.9. The Morgan fingerprint density at radius 3 is 1.85 bits per heavy atom. The molecule has 312 valence electrons. The quantitative estimate of drug-likeness (QED) is 0.138. The number of carbonyl (C=O) groups is 2. The fourth-order valence-electron chi connectivity index (χ4n) is 8.11. The average molecular weight is 826 g/mol. The van der Waals surface area contributed by atoms with Gasteiger partial charge < -0.3 is 43.0 Å². The summed E-state index contributed by atoms with van der Waals surface area (Å²) in [7, 11) is 0. The molecule has 4 aromatic rings. The number of amides is 2. The van der Waals surface area contributed by atoms with Crippen LogP contribution in [0.15, 0.2) is 115 Å². The first-order valence-electron chi connectivity index (χ1n) is 20.2. The molecule has 0 saturated carbocycles. The van der Waals surface area contributed by atoms with Crippen LogP contribution in [0.25, 0.3) is 0 Å². The standard InChI is InChI=1S/C46H51NO11S/c1-4-59-45-36(47-42(49)32-22-14-15-23-33(32)43(47)50)40(52-25-30-18-10-6-11-19-30)38(34(56-45)27-51-24-29-16-8-5-9-17-29)57-44-37(48)41(53-26-31-20-12-7-13-21-31)39-35(55-44)28-54-46(2,3)58-39/h5-23,34-41,44-45,48H,4,24-28H2,1-3H3/t34-,35-,36-,37+,38-,39-,40-,41-,44+,45+/m1/s1. The van der Waals surface area contributed by atoms with E-state index in [1.807, 2.05) is 112 Å². The monoisotopic (exact) mass is 825 g/mol. The minimum absolute atomic E-state index is 0.0591. The van der Waals surface area contributed by atoms with Crippen molar-refractivity contribution in [2.75, 3.05) is 19.0 Å². The first-order chi connectivity index (χ1) is 28.7. The van der Waals surface area contributed by atoms with E-state index in [2.05, 4.69) is 0 Å². The Hall–Kier alpha value is -3.99. The number of fused-ring (bicyclic) bond motifs is 2. The summed E-state index contributed by atoms with van der Waals surface area (Å²) in [5, 5.41) is 12.2. The number of carbonyl (C=O) groups excluding carboxylic acids is 2. The van der Waals surface area contributed by atoms with Crippen LogP contribution in [0.1, 0.15) is 58.2 Å². The zero-order valence-corrected chi connectivity index (χ0v) is 34.2. The van der Waals surface area contributed by atoms with Gasteiger partial charge in [0.1, 0.15) is 54.2 Å². The number of hydrogen-bond donors (Lipinski definition) is 1. The molecule has 4 heterocycles. The van der Waals surface area contributed by atoms with Crippen molar-refractivity contribution in [3.8, 4) is 0 Å². The topological polar surface area (TPSA) is 131 Å². The SMILES string of the molecule is CCS[C@@H]1O[C@H](COCc2ccccc2)[C@@H](O[C@@H]2O[C@@H]3COC(C)(C)O[C@H]3[C@H](OCc3ccccc3)[C@@H]2O)[C@H](OCc2ccccc2)[C@H]1N1C(=O)c2ccccc2C1=O. The number of nitrogens with zero attached hydrogens (tertiary/aromatic N) is 1. The van der Waals surface area contributed by atoms with Crippen LogP contribution < -0.4 is 0 Å². The highest BCUT2D eigenvalue weighted by molar-refractivity contribution is 7.99. The molecule has 12 nitrogen and oxygen atoms in total. The van der Waals surface area contributed by atoms with Gasteiger partial charge in [0.05, 0.1) is 44.2 Å². The second-order valence-corrected chi connectivity index (χ2v) is 16.8. The summed E-state index contributed by atoms with van der Waals surface area (Å²) in [6, 6.07) is 34.9. The van der Waals surface area contributed by atoms with Crippen molar-refractivity contribution in [1.29, 1.82) is 0 Å². The van der Waals surface area contributed by atoms with Crippen molar-refractivity contribution in [2.24, 2.45) is 0 Å². The molecule has 0 radical (unpaired) electrons. The Morgan fingerprint density at radius 1 is 0.729 bits per heavy atom. The Kier molecular flexibility index (Phi) is 13.3. The Bertz CT molecular complexity index is 1970. The van der Waals surface area contributed by atoms with Gasteiger partial charge in [-0.25, -0.2) is 0 Å². The number of hydrogen-bond acceptors (Lipinski definition) is 12. The van der Waals surface area contributed by atoms with E-state index in [9.17, 15) is 14.7 Å². The molecule has 3 saturated heterocycles. The average Bonchev–Trinajstić information content (AvgIpc) is 3.50. The molecule has 4 aromatic carbocycles. The highest BCUT2D eigenvalue weighted by Gasteiger charge is 2.58. The van der Waals surface area contributed by atoms with Gasteiger partial charge in [-0.15, -0.1) is 11.8 Å². The van der Waals surface area contributed by atoms with Crippen LogP contribution in [0.5, 0.6) is 0 Å². The number of imide groups is 1. The van der Waals surface area contributed by atoms with Crippen molar-refractivity contribution in [3.63, 3.8) is 0 Å². The van der Waals surface area contributed by atoms with Crippen molar-refractivity contribution in [3.05, 3.63) is 143 Å². The molecule has 0 spiro atoms. The predicted molar refractivity (Wildman–Crippen MR) is 218 cm³/mol. The van der Waals surface area contributed by atoms with Crippen LogP contribution in [0.2, 0.25) is 0 Å². The number of ether oxygens (including phenoxy) is 8. The minimum atomic E-state index is -1.35. The summed E-state index contributed by atoms with van der Waals surface area (Å²) in [6.07, 6.45) is -7.71. The molecule has 59 heavy (non-hydrogen) atoms. The highest BCUT2D eigenvalue weighted by Crippen LogP contribution is 2.41. The van der Waals surface area contributed by atoms with Gasteiger partial charge in [0.25, 0.3) is 11.8 Å². The second-order valence-electron chi connectivity index (χ2n) is 15.5. The third-order valence-electron chi connectivity index (χ3n) is 11.0. The molecule has 8 rings (SSSR count). The van der Waals surface area contributed by atoms with E-state index in [4.69, 9.17) is 37.9 Å². The van der Waals surface area contributed by atoms with Crippen LogP contribution in [0.3, 0.4) is 0 Å². The van der Waals surface area contributed by atoms with Gasteiger partial charge in [-0.3, -0.25) is 14.5 Å². The molecule has 10 atom stereocenters. The number of aliphatic hydroxyl groups excluding tert-OH is 1. The van der Waals surface area contributed by atoms with E-state index in [0.29, 0.717) is 23.5 Å². The highest BCUT2D eigenvalue weighted by atomic mass is 32.2. The normalized spacial score (nSPS) is 30.2. The molecule has 3 fully saturated rings. The van der Waals surface area contributed by atoms with E-state index >= 15 is 0 Å². The van der Waals surface area contributed by atoms with Crippen molar-refractivity contribution >= 4 is 23.6 Å². The lowest BCUT2D eigenvalue weighted by Crippen LogP contribution is -2.69. The molecule has 0 aromatic heterocycles. The lowest BCUT2D eigenvalue weighted by molar-refractivity contribution is -0.397. The number of thioether (sulfide) groups is 1. The smallest absolute Gasteiger partial charge is 0.262 e. The molecular weight excluding hydrogens is 775 g/mol. The molecule has 0 bridgehead atoms. The molecule has 4 aliphatic heterocycles. The van der Waals surface area contributed by atoms with E-state index in [1.165, 1.54) is 16.7 Å². The van der Waals surface area contributed by atoms with Gasteiger partial charge in [0.2, 0.25) is 0 Å². The molecule has 0 aliphatic carbocycles. The molecule has 1 N–H and O–H groups in total. The zero-order valence-electron chi connectivity index (χ0n) is 33.4. The second kappa shape index (κ2) is 18.7. The number of rotatable bonds is 15. The van der Waals surface area contributed by atoms with Crippen LogP contribution in [-0.4, -0.2) is 107 Å². The summed E-state index contributed by atoms with van der Waals surface area (Å²) in [6.45, 7) is 6.45. The summed E-state index contributed by atoms with van der Waals surface area (Å²) < 4.78 is 52.4. The Morgan fingerprint density at radius 2 is 1.27 bits per heavy atom. The fourth-order valence-corrected chi connectivity index (χ4v) is 9.13. The van der Waals surface area contributed by atoms with Gasteiger partial charge in [-0.05, 0) is 48.4 Å². The first-order valence-corrected chi connectivity index (χ1v) is 21.2. The Labute approximate surface area is 349 Å². The molecule has 2 amide bonds. The van der Waals surface area contributed by atoms with Crippen LogP contribution in [-0.2, 0) is 57.7 Å². The summed E-state index contributed by atoms with van der Waals surface area (Å²) in [4.78, 5) is 29.8. The summed E-state index contributed by atoms with van der Waals surface area (Å²) >= 11 is 1.46. The summed E-state index contributed by atoms with van der Waals surface area (Å²) in [5.74, 6) is -1.23. The largest absolute Gasteiger partial charge is 0.385 e. The third kappa shape index (κ3) is 9.35. The lowest BCUT2D eigenvalue weighted by atomic mass is 9.94. The van der Waals surface area contributed by atoms with Crippen LogP contribution >= 0.6 is 11.8 Å². The maximum atomic E-state index is 14.3. The minimum Gasteiger partial charge on any atom is -0.385 e. The van der Waals surface area contributed by atoms with Crippen molar-refractivity contribution in [1.82, 2.24) is 4.90 Å². The van der Waals surface area contributed by atoms with E-state index in [-0.39, 0.29) is 26.4 Å². The van der Waals surface area contributed by atoms with Crippen LogP contribution in [0.4, 0.5) is 0 Å². The van der Waals surface area contributed by atoms with Gasteiger partial charge in [0, 0.05) is 0 Å². The lowest BCUT2D eigenvalue weighted by Gasteiger charge is -2.52. The molecule has 13 heteroatoms. The Balaban J connectivity index is 1.16. The molecule has 0 unspecified atom stereocenters. The van der Waals surface area contributed by atoms with Crippen molar-refractivity contribution in [2.45, 2.75) is 107 Å². The van der Waals surface area contributed by atoms with E-state index < -0.39 is 78.1 Å². The van der Waals surface area contributed by atoms with Gasteiger partial charge in [0.15, 0.2) is 12.1 Å². The maximum Gasteiger partial charge on any atom is 0.262 e. The summed E-state index contributed by atoms with van der Waals surface area (Å²) in [5.41, 5.74) is 2.65. The van der Waals surface area contributed by atoms with Gasteiger partial charge in [-0.1, -0.05) is 110 Å². The van der Waals surface area contributed by atoms with Gasteiger partial charge >= 0.3 is 0 Å². The van der Waals surface area contributed by atoms with E-state index in [0.717, 1.165) is 16.7 Å². The van der Waals surface area contributed by atoms with Crippen molar-refractivity contribution < 1.29 is 52.6 Å². The number of aliphatic hydroxyl groups is 1. The predicted octanol–water partition coefficient (Wildman–Crippen LogP) is 6.14. The third-order valence-corrected chi connectivity index (χ3v) is 12.0. The molecular formula is C46H51NO11S. The van der Waals surface area contributed by atoms with Crippen LogP contribution in [0, 0.1) is 0 Å².